The highest BCUT2D eigenvalue weighted by Crippen LogP contribution is 2.42. The second-order valence-electron chi connectivity index (χ2n) is 6.68. The lowest BCUT2D eigenvalue weighted by molar-refractivity contribution is 0.660. The van der Waals surface area contributed by atoms with Crippen LogP contribution in [0.5, 0.6) is 0 Å². The van der Waals surface area contributed by atoms with Gasteiger partial charge in [0.2, 0.25) is 0 Å². The summed E-state index contributed by atoms with van der Waals surface area (Å²) in [5.41, 5.74) is 5.79. The number of hydrogen-bond donors (Lipinski definition) is 1. The summed E-state index contributed by atoms with van der Waals surface area (Å²) < 4.78 is 7.10. The second kappa shape index (κ2) is 6.93. The molecule has 0 amide bonds. The summed E-state index contributed by atoms with van der Waals surface area (Å²) >= 11 is 10.9. The summed E-state index contributed by atoms with van der Waals surface area (Å²) in [5.74, 6) is 0. The Morgan fingerprint density at radius 1 is 0.679 bits per heavy atom. The van der Waals surface area contributed by atoms with Crippen molar-refractivity contribution in [3.8, 4) is 22.3 Å². The summed E-state index contributed by atoms with van der Waals surface area (Å²) in [4.78, 5) is 0.904. The SMILES string of the molecule is S=c1c2ccccc2oc2cc(-c3ccccc3)c(S)c(-c3ccccc3)c12. The molecule has 0 unspecified atom stereocenters. The normalized spacial score (nSPS) is 11.2. The summed E-state index contributed by atoms with van der Waals surface area (Å²) in [6.45, 7) is 0. The molecule has 1 aromatic heterocycles. The molecular weight excluding hydrogens is 380 g/mol. The third kappa shape index (κ3) is 2.75. The maximum Gasteiger partial charge on any atom is 0.137 e. The van der Waals surface area contributed by atoms with E-state index in [1.165, 1.54) is 0 Å². The molecule has 1 nitrogen and oxygen atoms in total. The molecular formula is C25H16OS2. The van der Waals surface area contributed by atoms with Crippen LogP contribution in [-0.4, -0.2) is 0 Å². The van der Waals surface area contributed by atoms with Crippen molar-refractivity contribution >= 4 is 46.8 Å². The number of thiol groups is 1. The van der Waals surface area contributed by atoms with Gasteiger partial charge >= 0.3 is 0 Å². The predicted octanol–water partition coefficient (Wildman–Crippen LogP) is 7.94. The molecule has 5 aromatic rings. The van der Waals surface area contributed by atoms with E-state index in [-0.39, 0.29) is 0 Å². The molecule has 0 atom stereocenters. The number of benzene rings is 4. The van der Waals surface area contributed by atoms with Crippen LogP contribution in [0.15, 0.2) is 100 Å². The van der Waals surface area contributed by atoms with E-state index in [0.717, 1.165) is 53.6 Å². The quantitative estimate of drug-likeness (QED) is 0.185. The van der Waals surface area contributed by atoms with Crippen LogP contribution in [0.2, 0.25) is 0 Å². The first-order chi connectivity index (χ1) is 13.7. The molecule has 4 aromatic carbocycles. The largest absolute Gasteiger partial charge is 0.456 e. The van der Waals surface area contributed by atoms with Gasteiger partial charge in [0, 0.05) is 21.2 Å². The van der Waals surface area contributed by atoms with Crippen LogP contribution in [0.1, 0.15) is 0 Å². The highest BCUT2D eigenvalue weighted by atomic mass is 32.1. The molecule has 0 spiro atoms. The molecule has 0 saturated heterocycles. The zero-order valence-electron chi connectivity index (χ0n) is 14.9. The predicted molar refractivity (Wildman–Crippen MR) is 123 cm³/mol. The lowest BCUT2D eigenvalue weighted by Gasteiger charge is -2.16. The molecule has 134 valence electrons. The Balaban J connectivity index is 2.00. The monoisotopic (exact) mass is 396 g/mol. The van der Waals surface area contributed by atoms with Gasteiger partial charge in [0.25, 0.3) is 0 Å². The lowest BCUT2D eigenvalue weighted by atomic mass is 9.94. The van der Waals surface area contributed by atoms with Crippen molar-refractivity contribution in [3.63, 3.8) is 0 Å². The number of hydrogen-bond acceptors (Lipinski definition) is 3. The minimum Gasteiger partial charge on any atom is -0.456 e. The Morgan fingerprint density at radius 2 is 1.29 bits per heavy atom. The van der Waals surface area contributed by atoms with Crippen LogP contribution in [-0.2, 0) is 0 Å². The van der Waals surface area contributed by atoms with E-state index in [0.29, 0.717) is 0 Å². The van der Waals surface area contributed by atoms with Gasteiger partial charge in [-0.3, -0.25) is 0 Å². The van der Waals surface area contributed by atoms with Crippen LogP contribution in [0.4, 0.5) is 0 Å². The van der Waals surface area contributed by atoms with Crippen LogP contribution >= 0.6 is 24.8 Å². The fraction of sp³-hybridized carbons (Fsp3) is 0. The molecule has 0 radical (unpaired) electrons. The molecule has 0 N–H and O–H groups in total. The zero-order chi connectivity index (χ0) is 19.1. The second-order valence-corrected chi connectivity index (χ2v) is 7.54. The fourth-order valence-electron chi connectivity index (χ4n) is 3.67. The Hall–Kier alpha value is -2.88. The number of rotatable bonds is 2. The van der Waals surface area contributed by atoms with Gasteiger partial charge in [-0.1, -0.05) is 85.0 Å². The third-order valence-corrected chi connectivity index (χ3v) is 5.88. The van der Waals surface area contributed by atoms with Gasteiger partial charge in [-0.05, 0) is 34.9 Å². The highest BCUT2D eigenvalue weighted by Gasteiger charge is 2.18. The smallest absolute Gasteiger partial charge is 0.137 e. The average Bonchev–Trinajstić information content (AvgIpc) is 2.75. The van der Waals surface area contributed by atoms with Crippen molar-refractivity contribution in [2.24, 2.45) is 0 Å². The van der Waals surface area contributed by atoms with E-state index in [1.807, 2.05) is 60.7 Å². The standard InChI is InChI=1S/C25H16OS2/c27-24-18-13-7-8-14-20(18)26-21-15-19(16-9-3-1-4-10-16)25(28)22(23(21)24)17-11-5-2-6-12-17/h1-15,28H. The van der Waals surface area contributed by atoms with Gasteiger partial charge in [-0.15, -0.1) is 12.6 Å². The van der Waals surface area contributed by atoms with E-state index in [1.54, 1.807) is 0 Å². The lowest BCUT2D eigenvalue weighted by Crippen LogP contribution is -1.91. The molecule has 5 rings (SSSR count). The van der Waals surface area contributed by atoms with Crippen molar-refractivity contribution < 1.29 is 4.42 Å². The minimum atomic E-state index is 0.777. The molecule has 0 saturated carbocycles. The first kappa shape index (κ1) is 17.2. The molecule has 0 aliphatic rings. The molecule has 0 bridgehead atoms. The molecule has 3 heteroatoms. The van der Waals surface area contributed by atoms with Crippen LogP contribution in [0.3, 0.4) is 0 Å². The Bertz CT molecular complexity index is 1370. The van der Waals surface area contributed by atoms with Crippen molar-refractivity contribution in [2.45, 2.75) is 4.90 Å². The van der Waals surface area contributed by atoms with Crippen molar-refractivity contribution in [1.82, 2.24) is 0 Å². The van der Waals surface area contributed by atoms with E-state index in [9.17, 15) is 0 Å². The van der Waals surface area contributed by atoms with Gasteiger partial charge in [-0.25, -0.2) is 0 Å². The van der Waals surface area contributed by atoms with Gasteiger partial charge in [0.05, 0.1) is 4.51 Å². The molecule has 0 aliphatic carbocycles. The first-order valence-corrected chi connectivity index (χ1v) is 9.92. The summed E-state index contributed by atoms with van der Waals surface area (Å²) in [7, 11) is 0. The van der Waals surface area contributed by atoms with Gasteiger partial charge in [0.15, 0.2) is 0 Å². The molecule has 1 heterocycles. The van der Waals surface area contributed by atoms with Gasteiger partial charge < -0.3 is 4.42 Å². The van der Waals surface area contributed by atoms with Crippen LogP contribution < -0.4 is 0 Å². The topological polar surface area (TPSA) is 13.1 Å². The maximum absolute atomic E-state index is 6.31. The Kier molecular flexibility index (Phi) is 4.27. The molecule has 28 heavy (non-hydrogen) atoms. The van der Waals surface area contributed by atoms with Gasteiger partial charge in [0.1, 0.15) is 11.2 Å². The van der Waals surface area contributed by atoms with Crippen LogP contribution in [0, 0.1) is 4.51 Å². The third-order valence-electron chi connectivity index (χ3n) is 4.99. The Morgan fingerprint density at radius 3 is 2.00 bits per heavy atom. The first-order valence-electron chi connectivity index (χ1n) is 9.06. The summed E-state index contributed by atoms with van der Waals surface area (Å²) in [5, 5.41) is 1.88. The highest BCUT2D eigenvalue weighted by molar-refractivity contribution is 7.80. The maximum atomic E-state index is 6.31. The molecule has 0 aliphatic heterocycles. The van der Waals surface area contributed by atoms with Crippen molar-refractivity contribution in [2.75, 3.05) is 0 Å². The number of fused-ring (bicyclic) bond motifs is 2. The summed E-state index contributed by atoms with van der Waals surface area (Å²) in [6.07, 6.45) is 0. The van der Waals surface area contributed by atoms with E-state index in [2.05, 4.69) is 30.3 Å². The van der Waals surface area contributed by atoms with Crippen LogP contribution in [0.25, 0.3) is 44.2 Å². The molecule has 0 fully saturated rings. The van der Waals surface area contributed by atoms with E-state index >= 15 is 0 Å². The van der Waals surface area contributed by atoms with Crippen molar-refractivity contribution in [3.05, 3.63) is 95.5 Å². The Labute approximate surface area is 173 Å². The summed E-state index contributed by atoms with van der Waals surface area (Å²) in [6, 6.07) is 30.5. The minimum absolute atomic E-state index is 0.777. The fourth-order valence-corrected chi connectivity index (χ4v) is 4.48. The number of para-hydroxylation sites is 1. The van der Waals surface area contributed by atoms with Gasteiger partial charge in [-0.2, -0.15) is 0 Å². The average molecular weight is 397 g/mol. The van der Waals surface area contributed by atoms with E-state index in [4.69, 9.17) is 29.3 Å². The van der Waals surface area contributed by atoms with Crippen molar-refractivity contribution in [1.29, 1.82) is 0 Å². The zero-order valence-corrected chi connectivity index (χ0v) is 16.6. The van der Waals surface area contributed by atoms with E-state index < -0.39 is 0 Å².